The van der Waals surface area contributed by atoms with Gasteiger partial charge in [-0.2, -0.15) is 5.26 Å². The van der Waals surface area contributed by atoms with E-state index in [4.69, 9.17) is 5.26 Å². The van der Waals surface area contributed by atoms with E-state index in [-0.39, 0.29) is 0 Å². The molecular weight excluding hydrogens is 316 g/mol. The molecule has 1 aromatic carbocycles. The molecule has 0 saturated carbocycles. The first-order chi connectivity index (χ1) is 12.1. The lowest BCUT2D eigenvalue weighted by atomic mass is 10.1. The van der Waals surface area contributed by atoms with E-state index in [0.29, 0.717) is 24.6 Å². The van der Waals surface area contributed by atoms with Gasteiger partial charge in [0.2, 0.25) is 0 Å². The number of carbonyl (C=O) groups is 2. The first-order valence-electron chi connectivity index (χ1n) is 8.86. The summed E-state index contributed by atoms with van der Waals surface area (Å²) >= 11 is 0. The molecule has 1 saturated heterocycles. The summed E-state index contributed by atoms with van der Waals surface area (Å²) in [5.41, 5.74) is 1.42. The van der Waals surface area contributed by atoms with Gasteiger partial charge < -0.3 is 15.5 Å². The molecular formula is C19H26N4O2. The molecule has 1 aromatic rings. The van der Waals surface area contributed by atoms with Crippen LogP contribution in [0.15, 0.2) is 24.3 Å². The van der Waals surface area contributed by atoms with Crippen LogP contribution in [0.5, 0.6) is 0 Å². The Balaban J connectivity index is 1.72. The predicted octanol–water partition coefficient (Wildman–Crippen LogP) is 1.93. The van der Waals surface area contributed by atoms with Gasteiger partial charge in [-0.15, -0.1) is 0 Å². The van der Waals surface area contributed by atoms with Crippen LogP contribution in [0, 0.1) is 17.2 Å². The summed E-state index contributed by atoms with van der Waals surface area (Å²) in [5.74, 6) is -0.982. The molecule has 2 rings (SSSR count). The fraction of sp³-hybridized carbons (Fsp3) is 0.526. The van der Waals surface area contributed by atoms with Crippen LogP contribution < -0.4 is 10.6 Å². The number of rotatable bonds is 6. The summed E-state index contributed by atoms with van der Waals surface area (Å²) in [4.78, 5) is 26.3. The van der Waals surface area contributed by atoms with E-state index < -0.39 is 11.8 Å². The number of anilines is 1. The Kier molecular flexibility index (Phi) is 7.42. The molecule has 134 valence electrons. The Morgan fingerprint density at radius 2 is 1.84 bits per heavy atom. The van der Waals surface area contributed by atoms with Crippen molar-refractivity contribution in [2.75, 3.05) is 31.5 Å². The molecule has 0 radical (unpaired) electrons. The highest BCUT2D eigenvalue weighted by Crippen LogP contribution is 2.11. The predicted molar refractivity (Wildman–Crippen MR) is 96.9 cm³/mol. The van der Waals surface area contributed by atoms with Crippen molar-refractivity contribution < 1.29 is 9.59 Å². The van der Waals surface area contributed by atoms with Crippen molar-refractivity contribution in [3.63, 3.8) is 0 Å². The largest absolute Gasteiger partial charge is 0.348 e. The molecule has 2 amide bonds. The lowest BCUT2D eigenvalue weighted by Gasteiger charge is -2.29. The zero-order valence-electron chi connectivity index (χ0n) is 14.8. The van der Waals surface area contributed by atoms with Crippen LogP contribution in [0.4, 0.5) is 5.69 Å². The molecule has 0 aromatic heterocycles. The highest BCUT2D eigenvalue weighted by atomic mass is 16.2. The fourth-order valence-corrected chi connectivity index (χ4v) is 2.98. The van der Waals surface area contributed by atoms with Gasteiger partial charge in [-0.05, 0) is 49.5 Å². The minimum atomic E-state index is -0.668. The van der Waals surface area contributed by atoms with E-state index in [0.717, 1.165) is 25.2 Å². The Bertz CT molecular complexity index is 615. The van der Waals surface area contributed by atoms with E-state index in [1.165, 1.54) is 19.3 Å². The Labute approximate surface area is 149 Å². The number of nitriles is 1. The van der Waals surface area contributed by atoms with Crippen LogP contribution in [-0.2, 0) is 16.0 Å². The van der Waals surface area contributed by atoms with E-state index >= 15 is 0 Å². The standard InChI is InChI=1S/C19H26N4O2/c1-15(14-23-11-3-2-4-12-23)13-21-18(24)19(25)22-17-7-5-16(6-8-17)9-10-20/h5-8,15H,2-4,9,11-14H2,1H3,(H,21,24)(H,22,25). The molecule has 1 aliphatic heterocycles. The molecule has 6 heteroatoms. The van der Waals surface area contributed by atoms with Crippen molar-refractivity contribution in [1.29, 1.82) is 5.26 Å². The number of carbonyl (C=O) groups excluding carboxylic acids is 2. The highest BCUT2D eigenvalue weighted by molar-refractivity contribution is 6.39. The maximum atomic E-state index is 11.9. The van der Waals surface area contributed by atoms with E-state index in [1.807, 2.05) is 0 Å². The van der Waals surface area contributed by atoms with E-state index in [1.54, 1.807) is 24.3 Å². The lowest BCUT2D eigenvalue weighted by molar-refractivity contribution is -0.136. The molecule has 0 spiro atoms. The number of nitrogens with one attached hydrogen (secondary N) is 2. The minimum Gasteiger partial charge on any atom is -0.348 e. The molecule has 1 aliphatic rings. The van der Waals surface area contributed by atoms with Crippen molar-refractivity contribution in [1.82, 2.24) is 10.2 Å². The third kappa shape index (κ3) is 6.55. The van der Waals surface area contributed by atoms with Gasteiger partial charge in [0.15, 0.2) is 0 Å². The fourth-order valence-electron chi connectivity index (χ4n) is 2.98. The molecule has 0 aliphatic carbocycles. The van der Waals surface area contributed by atoms with Crippen LogP contribution in [0.2, 0.25) is 0 Å². The average molecular weight is 342 g/mol. The zero-order valence-corrected chi connectivity index (χ0v) is 14.8. The average Bonchev–Trinajstić information content (AvgIpc) is 2.62. The molecule has 25 heavy (non-hydrogen) atoms. The van der Waals surface area contributed by atoms with Gasteiger partial charge in [-0.1, -0.05) is 25.5 Å². The van der Waals surface area contributed by atoms with Crippen LogP contribution in [0.3, 0.4) is 0 Å². The number of piperidine rings is 1. The lowest BCUT2D eigenvalue weighted by Crippen LogP contribution is -2.41. The third-order valence-corrected chi connectivity index (χ3v) is 4.33. The summed E-state index contributed by atoms with van der Waals surface area (Å²) in [6.45, 7) is 5.77. The Hall–Kier alpha value is -2.39. The smallest absolute Gasteiger partial charge is 0.313 e. The van der Waals surface area contributed by atoms with Crippen molar-refractivity contribution in [3.05, 3.63) is 29.8 Å². The molecule has 1 atom stereocenters. The summed E-state index contributed by atoms with van der Waals surface area (Å²) in [5, 5.41) is 13.9. The number of benzene rings is 1. The van der Waals surface area contributed by atoms with Crippen molar-refractivity contribution >= 4 is 17.5 Å². The van der Waals surface area contributed by atoms with Gasteiger partial charge in [0.25, 0.3) is 0 Å². The Morgan fingerprint density at radius 3 is 2.48 bits per heavy atom. The summed E-state index contributed by atoms with van der Waals surface area (Å²) < 4.78 is 0. The minimum absolute atomic E-state index is 0.306. The normalized spacial score (nSPS) is 15.8. The zero-order chi connectivity index (χ0) is 18.1. The van der Waals surface area contributed by atoms with Gasteiger partial charge in [0.05, 0.1) is 12.5 Å². The SMILES string of the molecule is CC(CNC(=O)C(=O)Nc1ccc(CC#N)cc1)CN1CCCCC1. The summed E-state index contributed by atoms with van der Waals surface area (Å²) in [7, 11) is 0. The number of amides is 2. The van der Waals surface area contributed by atoms with Crippen molar-refractivity contribution in [3.8, 4) is 6.07 Å². The summed E-state index contributed by atoms with van der Waals surface area (Å²) in [6.07, 6.45) is 4.12. The molecule has 0 bridgehead atoms. The van der Waals surface area contributed by atoms with Crippen LogP contribution in [0.25, 0.3) is 0 Å². The van der Waals surface area contributed by atoms with Crippen LogP contribution in [0.1, 0.15) is 31.7 Å². The molecule has 6 nitrogen and oxygen atoms in total. The first-order valence-corrected chi connectivity index (χ1v) is 8.86. The Morgan fingerprint density at radius 1 is 1.16 bits per heavy atom. The van der Waals surface area contributed by atoms with Gasteiger partial charge >= 0.3 is 11.8 Å². The number of hydrogen-bond acceptors (Lipinski definition) is 4. The molecule has 1 heterocycles. The van der Waals surface area contributed by atoms with Crippen LogP contribution >= 0.6 is 0 Å². The monoisotopic (exact) mass is 342 g/mol. The van der Waals surface area contributed by atoms with Gasteiger partial charge in [0, 0.05) is 18.8 Å². The van der Waals surface area contributed by atoms with E-state index in [9.17, 15) is 9.59 Å². The van der Waals surface area contributed by atoms with Crippen molar-refractivity contribution in [2.24, 2.45) is 5.92 Å². The van der Waals surface area contributed by atoms with Gasteiger partial charge in [0.1, 0.15) is 0 Å². The van der Waals surface area contributed by atoms with Gasteiger partial charge in [-0.3, -0.25) is 9.59 Å². The highest BCUT2D eigenvalue weighted by Gasteiger charge is 2.17. The second-order valence-electron chi connectivity index (χ2n) is 6.66. The topological polar surface area (TPSA) is 85.2 Å². The third-order valence-electron chi connectivity index (χ3n) is 4.33. The van der Waals surface area contributed by atoms with Crippen LogP contribution in [-0.4, -0.2) is 42.9 Å². The summed E-state index contributed by atoms with van der Waals surface area (Å²) in [6, 6.07) is 8.97. The first kappa shape index (κ1) is 18.9. The number of hydrogen-bond donors (Lipinski definition) is 2. The maximum Gasteiger partial charge on any atom is 0.313 e. The maximum absolute atomic E-state index is 11.9. The second-order valence-corrected chi connectivity index (χ2v) is 6.66. The second kappa shape index (κ2) is 9.80. The quantitative estimate of drug-likeness (QED) is 0.774. The van der Waals surface area contributed by atoms with Crippen molar-refractivity contribution in [2.45, 2.75) is 32.6 Å². The molecule has 1 fully saturated rings. The molecule has 1 unspecified atom stereocenters. The van der Waals surface area contributed by atoms with Gasteiger partial charge in [-0.25, -0.2) is 0 Å². The number of likely N-dealkylation sites (tertiary alicyclic amines) is 1. The van der Waals surface area contributed by atoms with E-state index in [2.05, 4.69) is 28.5 Å². The number of nitrogens with zero attached hydrogens (tertiary/aromatic N) is 2. The molecule has 2 N–H and O–H groups in total.